The highest BCUT2D eigenvalue weighted by molar-refractivity contribution is 5.75. The van der Waals surface area contributed by atoms with Gasteiger partial charge in [-0.3, -0.25) is 9.69 Å². The van der Waals surface area contributed by atoms with E-state index in [9.17, 15) is 14.4 Å². The van der Waals surface area contributed by atoms with Gasteiger partial charge in [-0.05, 0) is 146 Å². The molecule has 2 rings (SSSR count). The molecule has 1 amide bonds. The molecule has 446 valence electrons. The van der Waals surface area contributed by atoms with Gasteiger partial charge in [-0.1, -0.05) is 113 Å². The predicted molar refractivity (Wildman–Crippen MR) is 330 cm³/mol. The summed E-state index contributed by atoms with van der Waals surface area (Å²) < 4.78 is 0. The largest absolute Gasteiger partial charge is 0.356 e. The van der Waals surface area contributed by atoms with Gasteiger partial charge in [0, 0.05) is 102 Å². The van der Waals surface area contributed by atoms with Crippen molar-refractivity contribution in [2.75, 3.05) is 111 Å². The summed E-state index contributed by atoms with van der Waals surface area (Å²) in [5, 5.41) is 33.5. The minimum atomic E-state index is 0.111. The monoisotopic (exact) mass is 1090 g/mol. The molecule has 0 saturated carbocycles. The molecule has 78 heavy (non-hydrogen) atoms. The number of amides is 1. The van der Waals surface area contributed by atoms with Crippen molar-refractivity contribution in [2.45, 2.75) is 179 Å². The van der Waals surface area contributed by atoms with Crippen LogP contribution in [0.25, 0.3) is 5.57 Å². The first kappa shape index (κ1) is 70.6. The molecular weight excluding hydrogens is 975 g/mol. The van der Waals surface area contributed by atoms with Gasteiger partial charge < -0.3 is 74.6 Å². The third-order valence-corrected chi connectivity index (χ3v) is 14.7. The lowest BCUT2D eigenvalue weighted by atomic mass is 9.99. The Kier molecular flexibility index (Phi) is 45.7. The number of aryl methyl sites for hydroxylation is 1. The predicted octanol–water partition coefficient (Wildman–Crippen LogP) is 5.01. The number of carbonyl (C=O) groups is 3. The number of nitrogens with one attached hydrogen (secondary N) is 9. The van der Waals surface area contributed by atoms with Gasteiger partial charge in [0.15, 0.2) is 0 Å². The minimum absolute atomic E-state index is 0.111. The third kappa shape index (κ3) is 38.2. The Balaban J connectivity index is 1.89. The molecule has 16 heteroatoms. The van der Waals surface area contributed by atoms with Crippen LogP contribution in [0.2, 0.25) is 0 Å². The Morgan fingerprint density at radius 2 is 1.08 bits per heavy atom. The first-order valence-corrected chi connectivity index (χ1v) is 30.8. The van der Waals surface area contributed by atoms with Gasteiger partial charge in [0.1, 0.15) is 12.6 Å². The van der Waals surface area contributed by atoms with Gasteiger partial charge in [-0.2, -0.15) is 0 Å². The second kappa shape index (κ2) is 50.5. The lowest BCUT2D eigenvalue weighted by molar-refractivity contribution is -0.121. The van der Waals surface area contributed by atoms with Crippen LogP contribution in [0.5, 0.6) is 0 Å². The number of hydrogen-bond acceptors (Lipinski definition) is 15. The van der Waals surface area contributed by atoms with Crippen molar-refractivity contribution in [1.82, 2.24) is 52.8 Å². The van der Waals surface area contributed by atoms with E-state index in [1.54, 1.807) is 0 Å². The second-order valence-electron chi connectivity index (χ2n) is 21.6. The summed E-state index contributed by atoms with van der Waals surface area (Å²) in [4.78, 5) is 37.0. The zero-order chi connectivity index (χ0) is 56.4. The Labute approximate surface area is 474 Å². The number of nitrogens with two attached hydrogens (primary N) is 3. The van der Waals surface area contributed by atoms with Crippen LogP contribution in [0.3, 0.4) is 0 Å². The van der Waals surface area contributed by atoms with Gasteiger partial charge in [-0.25, -0.2) is 0 Å². The van der Waals surface area contributed by atoms with E-state index in [4.69, 9.17) is 17.2 Å². The summed E-state index contributed by atoms with van der Waals surface area (Å²) in [6, 6.07) is 22.8. The molecule has 0 aliphatic carbocycles. The molecule has 0 aliphatic heterocycles. The summed E-state index contributed by atoms with van der Waals surface area (Å²) >= 11 is 0. The molecule has 16 nitrogen and oxygen atoms in total. The van der Waals surface area contributed by atoms with Crippen LogP contribution >= 0.6 is 0 Å². The zero-order valence-corrected chi connectivity index (χ0v) is 49.2. The smallest absolute Gasteiger partial charge is 0.220 e. The first-order chi connectivity index (χ1) is 38.3. The van der Waals surface area contributed by atoms with Gasteiger partial charge in [-0.15, -0.1) is 0 Å². The van der Waals surface area contributed by atoms with Gasteiger partial charge in [0.25, 0.3) is 0 Å². The van der Waals surface area contributed by atoms with E-state index in [0.717, 1.165) is 212 Å². The van der Waals surface area contributed by atoms with Crippen LogP contribution in [0, 0.1) is 0 Å². The molecule has 0 saturated heterocycles. The number of unbranched alkanes of at least 4 members (excludes halogenated alkanes) is 5. The summed E-state index contributed by atoms with van der Waals surface area (Å²) in [6.45, 7) is 21.7. The second-order valence-corrected chi connectivity index (χ2v) is 21.6. The summed E-state index contributed by atoms with van der Waals surface area (Å²) in [5.74, 6) is 0.111. The van der Waals surface area contributed by atoms with E-state index in [1.807, 2.05) is 11.0 Å². The van der Waals surface area contributed by atoms with Gasteiger partial charge in [0.2, 0.25) is 5.91 Å². The molecule has 2 aromatic carbocycles. The van der Waals surface area contributed by atoms with Crippen molar-refractivity contribution in [1.29, 1.82) is 0 Å². The normalized spacial score (nSPS) is 14.0. The molecule has 15 N–H and O–H groups in total. The highest BCUT2D eigenvalue weighted by atomic mass is 16.1. The lowest BCUT2D eigenvalue weighted by Crippen LogP contribution is -2.49. The third-order valence-electron chi connectivity index (χ3n) is 14.7. The maximum Gasteiger partial charge on any atom is 0.220 e. The average molecular weight is 1090 g/mol. The molecule has 6 atom stereocenters. The molecule has 0 fully saturated rings. The summed E-state index contributed by atoms with van der Waals surface area (Å²) in [6.07, 6.45) is 21.8. The number of rotatable bonds is 57. The Morgan fingerprint density at radius 1 is 0.526 bits per heavy atom. The summed E-state index contributed by atoms with van der Waals surface area (Å²) in [5.41, 5.74) is 21.8. The van der Waals surface area contributed by atoms with Crippen LogP contribution in [0.1, 0.15) is 147 Å². The van der Waals surface area contributed by atoms with Crippen molar-refractivity contribution < 1.29 is 14.4 Å². The SMILES string of the molecule is C=C(C[C@@H](CN[C@H](CN)CCCCNC(=O)CC[C@@H](CNCCCCCN)NC[C@H](CCCC)NC[C@H](CCCCNCCN(CC=O)CC=O)NCCC)NC[C@H](CCCN)NCCCc1ccccc1)c1ccccc1. The highest BCUT2D eigenvalue weighted by Crippen LogP contribution is 2.18. The molecule has 0 spiro atoms. The molecule has 0 bridgehead atoms. The van der Waals surface area contributed by atoms with Crippen LogP contribution in [-0.2, 0) is 20.8 Å². The molecule has 0 unspecified atom stereocenters. The van der Waals surface area contributed by atoms with Gasteiger partial charge >= 0.3 is 0 Å². The number of nitrogens with zero attached hydrogens (tertiary/aromatic N) is 1. The Hall–Kier alpha value is -3.49. The quantitative estimate of drug-likeness (QED) is 0.0308. The molecule has 0 heterocycles. The number of hydrogen-bond donors (Lipinski definition) is 12. The van der Waals surface area contributed by atoms with Crippen molar-refractivity contribution in [3.8, 4) is 0 Å². The standard InChI is InChI=1S/C62H115N13O3/c1-4-6-27-59(72-49-57(68-35-5-2)29-14-18-36-66-40-41-75(42-44-76)43-45-77)51-73-60(48-67-37-17-9-16-33-63)31-32-62(78)70-38-19-15-28-56(47-65)71-52-61(46-53(3)55-25-12-8-13-26-55)74-50-58(30-20-34-64)69-39-21-24-54-22-10-7-11-23-54/h7-8,10-13,22-23,25-26,44-45,56-61,66-69,71-74H,3-6,9,14-21,24,27-43,46-52,63-65H2,1-2H3,(H,70,78)/t56-,57-,58-,59-,60-,61-/m0/s1. The zero-order valence-electron chi connectivity index (χ0n) is 49.2. The van der Waals surface area contributed by atoms with Crippen LogP contribution in [0.4, 0.5) is 0 Å². The summed E-state index contributed by atoms with van der Waals surface area (Å²) in [7, 11) is 0. The maximum atomic E-state index is 13.3. The Morgan fingerprint density at radius 3 is 1.73 bits per heavy atom. The Bertz CT molecular complexity index is 1690. The maximum absolute atomic E-state index is 13.3. The van der Waals surface area contributed by atoms with E-state index in [0.29, 0.717) is 50.7 Å². The van der Waals surface area contributed by atoms with Crippen molar-refractivity contribution >= 4 is 24.1 Å². The van der Waals surface area contributed by atoms with Crippen LogP contribution in [-0.4, -0.2) is 171 Å². The fourth-order valence-electron chi connectivity index (χ4n) is 9.81. The average Bonchev–Trinajstić information content (AvgIpc) is 3.46. The number of benzene rings is 2. The molecule has 0 aromatic heterocycles. The molecule has 2 aromatic rings. The van der Waals surface area contributed by atoms with E-state index in [2.05, 4.69) is 123 Å². The number of aldehydes is 2. The molecular formula is C62H115N13O3. The van der Waals surface area contributed by atoms with Gasteiger partial charge in [0.05, 0.1) is 13.1 Å². The fraction of sp³-hybridized carbons (Fsp3) is 0.726. The minimum Gasteiger partial charge on any atom is -0.356 e. The van der Waals surface area contributed by atoms with E-state index < -0.39 is 0 Å². The van der Waals surface area contributed by atoms with E-state index in [1.165, 1.54) is 11.1 Å². The fourth-order valence-corrected chi connectivity index (χ4v) is 9.81. The van der Waals surface area contributed by atoms with E-state index >= 15 is 0 Å². The highest BCUT2D eigenvalue weighted by Gasteiger charge is 2.19. The van der Waals surface area contributed by atoms with E-state index in [-0.39, 0.29) is 37.1 Å². The van der Waals surface area contributed by atoms with Crippen molar-refractivity contribution in [2.24, 2.45) is 17.2 Å². The molecule has 0 radical (unpaired) electrons. The van der Waals surface area contributed by atoms with Crippen LogP contribution < -0.4 is 65.1 Å². The van der Waals surface area contributed by atoms with Crippen molar-refractivity contribution in [3.63, 3.8) is 0 Å². The molecule has 0 aliphatic rings. The topological polar surface area (TPSA) is 241 Å². The number of carbonyl (C=O) groups excluding carboxylic acids is 3. The van der Waals surface area contributed by atoms with Crippen molar-refractivity contribution in [3.05, 3.63) is 78.4 Å². The first-order valence-electron chi connectivity index (χ1n) is 30.8. The van der Waals surface area contributed by atoms with Crippen LogP contribution in [0.15, 0.2) is 67.2 Å². The lowest BCUT2D eigenvalue weighted by Gasteiger charge is -2.27.